The fourth-order valence-electron chi connectivity index (χ4n) is 4.50. The van der Waals surface area contributed by atoms with Crippen molar-refractivity contribution < 1.29 is 35.9 Å². The summed E-state index contributed by atoms with van der Waals surface area (Å²) >= 11 is 6.25. The molecule has 1 atom stereocenters. The van der Waals surface area contributed by atoms with E-state index in [1.807, 2.05) is 0 Å². The Morgan fingerprint density at radius 2 is 1.79 bits per heavy atom. The highest BCUT2D eigenvalue weighted by Gasteiger charge is 2.38. The molecule has 0 saturated heterocycles. The molecule has 2 aliphatic rings. The zero-order valence-corrected chi connectivity index (χ0v) is 21.5. The number of hydrazine groups is 2. The summed E-state index contributed by atoms with van der Waals surface area (Å²) in [7, 11) is 0. The number of ether oxygens (including phenoxy) is 1. The fraction of sp³-hybridized carbons (Fsp3) is 0.417. The first-order valence-electron chi connectivity index (χ1n) is 11.9. The Morgan fingerprint density at radius 3 is 2.36 bits per heavy atom. The minimum atomic E-state index is -4.99. The fourth-order valence-corrected chi connectivity index (χ4v) is 4.66. The Labute approximate surface area is 224 Å². The Hall–Kier alpha value is -3.39. The molecule has 0 aliphatic carbocycles. The number of hydrogen-bond acceptors (Lipinski definition) is 7. The van der Waals surface area contributed by atoms with Crippen LogP contribution in [0.3, 0.4) is 0 Å². The normalized spacial score (nSPS) is 17.6. The quantitative estimate of drug-likeness (QED) is 0.389. The molecule has 1 amide bonds. The molecule has 4 rings (SSSR count). The van der Waals surface area contributed by atoms with E-state index in [2.05, 4.69) is 21.6 Å². The van der Waals surface area contributed by atoms with Gasteiger partial charge >= 0.3 is 18.4 Å². The van der Waals surface area contributed by atoms with E-state index in [0.717, 1.165) is 0 Å². The van der Waals surface area contributed by atoms with E-state index in [1.54, 1.807) is 32.0 Å². The summed E-state index contributed by atoms with van der Waals surface area (Å²) in [5, 5.41) is 4.39. The molecular formula is C24H25ClF6N6O2. The Bertz CT molecular complexity index is 1220. The van der Waals surface area contributed by atoms with Crippen molar-refractivity contribution in [2.45, 2.75) is 57.7 Å². The van der Waals surface area contributed by atoms with Crippen molar-refractivity contribution in [1.29, 1.82) is 0 Å². The first-order valence-corrected chi connectivity index (χ1v) is 12.3. The van der Waals surface area contributed by atoms with E-state index in [-0.39, 0.29) is 30.7 Å². The molecule has 0 saturated carbocycles. The van der Waals surface area contributed by atoms with Gasteiger partial charge in [0, 0.05) is 18.1 Å². The molecule has 2 heterocycles. The van der Waals surface area contributed by atoms with E-state index < -0.39 is 41.7 Å². The van der Waals surface area contributed by atoms with Crippen molar-refractivity contribution in [1.82, 2.24) is 21.4 Å². The molecule has 2 aromatic carbocycles. The van der Waals surface area contributed by atoms with Gasteiger partial charge in [-0.1, -0.05) is 17.7 Å². The number of guanidine groups is 1. The van der Waals surface area contributed by atoms with Crippen molar-refractivity contribution in [2.24, 2.45) is 5.10 Å². The topological polar surface area (TPSA) is 81.2 Å². The van der Waals surface area contributed by atoms with Crippen LogP contribution in [0.1, 0.15) is 55.0 Å². The van der Waals surface area contributed by atoms with Crippen LogP contribution in [0.5, 0.6) is 0 Å². The van der Waals surface area contributed by atoms with Crippen LogP contribution in [-0.2, 0) is 23.6 Å². The molecule has 8 nitrogen and oxygen atoms in total. The van der Waals surface area contributed by atoms with E-state index in [0.29, 0.717) is 41.2 Å². The maximum Gasteiger partial charge on any atom is 0.416 e. The highest BCUT2D eigenvalue weighted by Crippen LogP contribution is 2.41. The zero-order valence-electron chi connectivity index (χ0n) is 20.8. The highest BCUT2D eigenvalue weighted by atomic mass is 35.5. The van der Waals surface area contributed by atoms with Gasteiger partial charge in [0.1, 0.15) is 0 Å². The van der Waals surface area contributed by atoms with Crippen LogP contribution >= 0.6 is 11.6 Å². The third-order valence-corrected chi connectivity index (χ3v) is 6.33. The van der Waals surface area contributed by atoms with Gasteiger partial charge in [-0.3, -0.25) is 10.3 Å². The van der Waals surface area contributed by atoms with Crippen molar-refractivity contribution in [3.63, 3.8) is 0 Å². The minimum absolute atomic E-state index is 0.0868. The smallest absolute Gasteiger partial charge is 0.416 e. The third-order valence-electron chi connectivity index (χ3n) is 6.10. The molecule has 2 aliphatic heterocycles. The number of carbonyl (C=O) groups is 1. The second-order valence-corrected chi connectivity index (χ2v) is 9.72. The standard InChI is InChI=1S/C24H25ClF6N6O2/c1-13(2)39-22(38)36-7-3-4-19(18-6-5-17(25)11-20(18)36)37(21-32-34-35-33-21)12-14-8-15(23(26,27)28)10-16(9-14)24(29,30)31/h5-6,8-11,13,19,34-35H,3-4,7,12H2,1-2H3,(H,32,33). The largest absolute Gasteiger partial charge is 0.446 e. The summed E-state index contributed by atoms with van der Waals surface area (Å²) in [6.07, 6.45) is -10.2. The number of alkyl halides is 6. The number of carbonyl (C=O) groups excluding carboxylic acids is 1. The molecule has 0 radical (unpaired) electrons. The monoisotopic (exact) mass is 578 g/mol. The molecule has 1 unspecified atom stereocenters. The predicted octanol–water partition coefficient (Wildman–Crippen LogP) is 5.95. The van der Waals surface area contributed by atoms with Crippen LogP contribution in [-0.4, -0.2) is 29.6 Å². The first-order chi connectivity index (χ1) is 18.2. The summed E-state index contributed by atoms with van der Waals surface area (Å²) < 4.78 is 86.6. The van der Waals surface area contributed by atoms with Crippen molar-refractivity contribution in [2.75, 3.05) is 11.4 Å². The van der Waals surface area contributed by atoms with Gasteiger partial charge in [-0.15, -0.1) is 10.6 Å². The maximum absolute atomic E-state index is 13.5. The van der Waals surface area contributed by atoms with Crippen molar-refractivity contribution in [3.8, 4) is 0 Å². The molecule has 0 spiro atoms. The van der Waals surface area contributed by atoms with Gasteiger partial charge in [0.25, 0.3) is 0 Å². The molecule has 0 bridgehead atoms. The van der Waals surface area contributed by atoms with Gasteiger partial charge in [-0.2, -0.15) is 26.3 Å². The van der Waals surface area contributed by atoms with Gasteiger partial charge in [-0.25, -0.2) is 10.3 Å². The lowest BCUT2D eigenvalue weighted by molar-refractivity contribution is -0.143. The van der Waals surface area contributed by atoms with Crippen LogP contribution < -0.4 is 21.4 Å². The number of hydrogen-bond donors (Lipinski definition) is 3. The van der Waals surface area contributed by atoms with Crippen LogP contribution in [0.4, 0.5) is 36.8 Å². The summed E-state index contributed by atoms with van der Waals surface area (Å²) in [6.45, 7) is 3.29. The number of nitrogens with zero attached hydrogens (tertiary/aromatic N) is 3. The second-order valence-electron chi connectivity index (χ2n) is 9.28. The highest BCUT2D eigenvalue weighted by molar-refractivity contribution is 6.31. The van der Waals surface area contributed by atoms with Gasteiger partial charge in [0.15, 0.2) is 0 Å². The SMILES string of the molecule is CC(C)OC(=O)N1CCCC(N(Cc2cc(C(F)(F)F)cc(C(F)(F)F)c2)C2=NNNN2)c2ccc(Cl)cc21. The summed E-state index contributed by atoms with van der Waals surface area (Å²) in [5.74, 6) is 0.130. The lowest BCUT2D eigenvalue weighted by Gasteiger charge is -2.34. The van der Waals surface area contributed by atoms with Gasteiger partial charge in [0.05, 0.1) is 29.0 Å². The summed E-state index contributed by atoms with van der Waals surface area (Å²) in [5.41, 5.74) is 5.65. The molecule has 3 N–H and O–H groups in total. The Morgan fingerprint density at radius 1 is 1.13 bits per heavy atom. The number of anilines is 1. The average Bonchev–Trinajstić information content (AvgIpc) is 3.30. The Kier molecular flexibility index (Phi) is 8.07. The Balaban J connectivity index is 1.80. The van der Waals surface area contributed by atoms with Crippen molar-refractivity contribution >= 4 is 29.3 Å². The number of rotatable bonds is 4. The number of fused-ring (bicyclic) bond motifs is 1. The van der Waals surface area contributed by atoms with Crippen molar-refractivity contribution in [3.05, 3.63) is 63.7 Å². The van der Waals surface area contributed by atoms with Crippen LogP contribution in [0.25, 0.3) is 0 Å². The molecule has 2 aromatic rings. The first kappa shape index (κ1) is 28.6. The van der Waals surface area contributed by atoms with E-state index in [9.17, 15) is 31.1 Å². The van der Waals surface area contributed by atoms with Crippen LogP contribution in [0, 0.1) is 0 Å². The number of hydrazone groups is 1. The van der Waals surface area contributed by atoms with E-state index in [4.69, 9.17) is 16.3 Å². The van der Waals surface area contributed by atoms with Crippen LogP contribution in [0.15, 0.2) is 41.5 Å². The van der Waals surface area contributed by atoms with Gasteiger partial charge in [-0.05, 0) is 68.1 Å². The molecule has 39 heavy (non-hydrogen) atoms. The number of halogens is 7. The average molecular weight is 579 g/mol. The summed E-state index contributed by atoms with van der Waals surface area (Å²) in [6, 6.07) is 5.67. The third kappa shape index (κ3) is 6.61. The predicted molar refractivity (Wildman–Crippen MR) is 131 cm³/mol. The second kappa shape index (κ2) is 11.0. The van der Waals surface area contributed by atoms with Gasteiger partial charge in [0.2, 0.25) is 5.96 Å². The lowest BCUT2D eigenvalue weighted by atomic mass is 9.98. The summed E-state index contributed by atoms with van der Waals surface area (Å²) in [4.78, 5) is 15.9. The molecular weight excluding hydrogens is 554 g/mol. The number of benzene rings is 2. The molecule has 0 fully saturated rings. The molecule has 15 heteroatoms. The molecule has 212 valence electrons. The lowest BCUT2D eigenvalue weighted by Crippen LogP contribution is -2.45. The van der Waals surface area contributed by atoms with Gasteiger partial charge < -0.3 is 9.64 Å². The van der Waals surface area contributed by atoms with Crippen LogP contribution in [0.2, 0.25) is 5.02 Å². The van der Waals surface area contributed by atoms with E-state index >= 15 is 0 Å². The maximum atomic E-state index is 13.5. The number of amides is 1. The molecule has 0 aromatic heterocycles. The number of nitrogens with one attached hydrogen (secondary N) is 3. The minimum Gasteiger partial charge on any atom is -0.446 e. The van der Waals surface area contributed by atoms with E-state index in [1.165, 1.54) is 9.80 Å². The zero-order chi connectivity index (χ0) is 28.5.